The van der Waals surface area contributed by atoms with E-state index in [9.17, 15) is 9.59 Å². The van der Waals surface area contributed by atoms with E-state index in [1.54, 1.807) is 6.26 Å². The number of piperidine rings is 1. The van der Waals surface area contributed by atoms with Gasteiger partial charge in [-0.25, -0.2) is 0 Å². The van der Waals surface area contributed by atoms with Gasteiger partial charge in [-0.05, 0) is 38.0 Å². The van der Waals surface area contributed by atoms with Crippen molar-refractivity contribution >= 4 is 34.0 Å². The highest BCUT2D eigenvalue weighted by Gasteiger charge is 2.35. The van der Waals surface area contributed by atoms with Crippen LogP contribution in [0, 0.1) is 5.92 Å². The lowest BCUT2D eigenvalue weighted by Crippen LogP contribution is -2.39. The lowest BCUT2D eigenvalue weighted by Gasteiger charge is -2.34. The Balaban J connectivity index is 1.48. The number of esters is 1. The zero-order valence-corrected chi connectivity index (χ0v) is 19.4. The van der Waals surface area contributed by atoms with Crippen LogP contribution in [-0.4, -0.2) is 36.6 Å². The van der Waals surface area contributed by atoms with Crippen LogP contribution in [0.5, 0.6) is 0 Å². The average Bonchev–Trinajstić information content (AvgIpc) is 3.57. The molecule has 0 unspecified atom stereocenters. The molecule has 178 valence electrons. The Bertz CT molecular complexity index is 1420. The van der Waals surface area contributed by atoms with Crippen LogP contribution in [0.25, 0.3) is 22.2 Å². The summed E-state index contributed by atoms with van der Waals surface area (Å²) in [6, 6.07) is 13.1. The minimum absolute atomic E-state index is 0.0714. The number of carbonyl (C=O) groups is 2. The summed E-state index contributed by atoms with van der Waals surface area (Å²) in [6.07, 6.45) is 3.27. The highest BCUT2D eigenvalue weighted by molar-refractivity contribution is 6.28. The first-order chi connectivity index (χ1) is 17.2. The molecule has 0 radical (unpaired) electrons. The maximum absolute atomic E-state index is 13.7. The van der Waals surface area contributed by atoms with Crippen LogP contribution in [0.2, 0.25) is 0 Å². The van der Waals surface area contributed by atoms with Gasteiger partial charge < -0.3 is 23.9 Å². The SMILES string of the molecule is CCOC(=O)[C@H]1CCCN(c2cc(NCc3ccco3)c3c4c(onc24)-c2ccccc2C3=O)C1. The Morgan fingerprint density at radius 2 is 2.09 bits per heavy atom. The number of nitrogens with one attached hydrogen (secondary N) is 1. The Morgan fingerprint density at radius 3 is 2.89 bits per heavy atom. The number of carbonyl (C=O) groups excluding carboxylic acids is 2. The number of rotatable bonds is 6. The van der Waals surface area contributed by atoms with E-state index in [4.69, 9.17) is 13.7 Å². The number of anilines is 2. The van der Waals surface area contributed by atoms with Crippen molar-refractivity contribution in [2.75, 3.05) is 29.9 Å². The molecule has 2 aliphatic rings. The van der Waals surface area contributed by atoms with E-state index in [1.165, 1.54) is 0 Å². The maximum atomic E-state index is 13.7. The van der Waals surface area contributed by atoms with E-state index < -0.39 is 0 Å². The highest BCUT2D eigenvalue weighted by Crippen LogP contribution is 2.46. The Labute approximate surface area is 201 Å². The number of ether oxygens (including phenoxy) is 1. The van der Waals surface area contributed by atoms with Gasteiger partial charge in [0, 0.05) is 29.9 Å². The standard InChI is InChI=1S/C27H25N3O5/c1-2-33-27(32)16-7-5-11-30(15-16)21-13-20(28-14-17-8-6-12-34-17)22-23-24(21)29-35-26(23)19-10-4-3-9-18(19)25(22)31/h3-4,6,8-10,12-13,16,28H,2,5,7,11,14-15H2,1H3/t16-/m0/s1. The Hall–Kier alpha value is -4.07. The van der Waals surface area contributed by atoms with Crippen molar-refractivity contribution in [3.8, 4) is 11.3 Å². The molecule has 0 spiro atoms. The number of fused-ring (bicyclic) bond motifs is 2. The molecule has 4 aromatic rings. The van der Waals surface area contributed by atoms with E-state index in [1.807, 2.05) is 49.4 Å². The molecular weight excluding hydrogens is 446 g/mol. The smallest absolute Gasteiger partial charge is 0.310 e. The predicted molar refractivity (Wildman–Crippen MR) is 130 cm³/mol. The van der Waals surface area contributed by atoms with Gasteiger partial charge in [-0.1, -0.05) is 29.4 Å². The van der Waals surface area contributed by atoms with Crippen molar-refractivity contribution in [2.45, 2.75) is 26.3 Å². The molecule has 1 saturated heterocycles. The third kappa shape index (κ3) is 3.56. The van der Waals surface area contributed by atoms with E-state index in [0.29, 0.717) is 53.2 Å². The summed E-state index contributed by atoms with van der Waals surface area (Å²) in [4.78, 5) is 28.3. The molecular formula is C27H25N3O5. The molecule has 8 nitrogen and oxygen atoms in total. The molecule has 1 N–H and O–H groups in total. The van der Waals surface area contributed by atoms with E-state index in [-0.39, 0.29) is 17.7 Å². The van der Waals surface area contributed by atoms with E-state index in [0.717, 1.165) is 36.4 Å². The topological polar surface area (TPSA) is 97.8 Å². The number of furan rings is 1. The zero-order valence-electron chi connectivity index (χ0n) is 19.4. The van der Waals surface area contributed by atoms with Crippen LogP contribution < -0.4 is 10.2 Å². The van der Waals surface area contributed by atoms with Gasteiger partial charge in [0.05, 0.1) is 42.0 Å². The second-order valence-electron chi connectivity index (χ2n) is 8.90. The summed E-state index contributed by atoms with van der Waals surface area (Å²) in [6.45, 7) is 3.91. The molecule has 0 saturated carbocycles. The average molecular weight is 472 g/mol. The molecule has 1 aliphatic carbocycles. The van der Waals surface area contributed by atoms with Gasteiger partial charge >= 0.3 is 5.97 Å². The lowest BCUT2D eigenvalue weighted by molar-refractivity contribution is -0.148. The van der Waals surface area contributed by atoms with Gasteiger partial charge in [0.2, 0.25) is 0 Å². The van der Waals surface area contributed by atoms with E-state index >= 15 is 0 Å². The third-order valence-corrected chi connectivity index (χ3v) is 6.79. The van der Waals surface area contributed by atoms with Crippen LogP contribution in [0.4, 0.5) is 11.4 Å². The van der Waals surface area contributed by atoms with Crippen LogP contribution in [-0.2, 0) is 16.1 Å². The first kappa shape index (κ1) is 21.5. The molecule has 1 aliphatic heterocycles. The van der Waals surface area contributed by atoms with Crippen LogP contribution in [0.15, 0.2) is 57.7 Å². The van der Waals surface area contributed by atoms with Crippen LogP contribution in [0.1, 0.15) is 41.4 Å². The summed E-state index contributed by atoms with van der Waals surface area (Å²) in [5.41, 5.74) is 4.03. The van der Waals surface area contributed by atoms with Gasteiger partial charge in [0.1, 0.15) is 11.3 Å². The van der Waals surface area contributed by atoms with E-state index in [2.05, 4.69) is 15.4 Å². The first-order valence-electron chi connectivity index (χ1n) is 11.9. The molecule has 0 amide bonds. The van der Waals surface area contributed by atoms with Gasteiger partial charge in [-0.2, -0.15) is 0 Å². The fraction of sp³-hybridized carbons (Fsp3) is 0.296. The van der Waals surface area contributed by atoms with Crippen molar-refractivity contribution in [3.05, 3.63) is 65.6 Å². The Morgan fingerprint density at radius 1 is 1.23 bits per heavy atom. The summed E-state index contributed by atoms with van der Waals surface area (Å²) >= 11 is 0. The van der Waals surface area contributed by atoms with Crippen molar-refractivity contribution < 1.29 is 23.3 Å². The highest BCUT2D eigenvalue weighted by atomic mass is 16.5. The molecule has 1 fully saturated rings. The van der Waals surface area contributed by atoms with Gasteiger partial charge in [-0.15, -0.1) is 0 Å². The quantitative estimate of drug-likeness (QED) is 0.345. The summed E-state index contributed by atoms with van der Waals surface area (Å²) in [7, 11) is 0. The minimum atomic E-state index is -0.209. The Kier molecular flexibility index (Phi) is 5.28. The van der Waals surface area contributed by atoms with Crippen molar-refractivity contribution in [1.29, 1.82) is 0 Å². The second-order valence-corrected chi connectivity index (χ2v) is 8.90. The van der Waals surface area contributed by atoms with Gasteiger partial charge in [0.15, 0.2) is 11.5 Å². The fourth-order valence-corrected chi connectivity index (χ4v) is 5.17. The second kappa shape index (κ2) is 8.61. The molecule has 8 heteroatoms. The lowest BCUT2D eigenvalue weighted by atomic mass is 9.86. The molecule has 2 aromatic carbocycles. The molecule has 1 atom stereocenters. The zero-order chi connectivity index (χ0) is 23.9. The number of nitrogens with zero attached hydrogens (tertiary/aromatic N) is 2. The molecule has 3 heterocycles. The number of ketones is 1. The van der Waals surface area contributed by atoms with Crippen molar-refractivity contribution in [2.24, 2.45) is 5.92 Å². The predicted octanol–water partition coefficient (Wildman–Crippen LogP) is 5.02. The maximum Gasteiger partial charge on any atom is 0.310 e. The first-order valence-corrected chi connectivity index (χ1v) is 11.9. The largest absolute Gasteiger partial charge is 0.467 e. The van der Waals surface area contributed by atoms with Crippen LogP contribution in [0.3, 0.4) is 0 Å². The molecule has 35 heavy (non-hydrogen) atoms. The number of benzene rings is 2. The van der Waals surface area contributed by atoms with Crippen molar-refractivity contribution in [3.63, 3.8) is 0 Å². The number of aromatic nitrogens is 1. The molecule has 0 bridgehead atoms. The normalized spacial score (nSPS) is 16.9. The summed E-state index contributed by atoms with van der Waals surface area (Å²) in [5, 5.41) is 8.53. The number of hydrogen-bond acceptors (Lipinski definition) is 8. The van der Waals surface area contributed by atoms with Gasteiger partial charge in [0.25, 0.3) is 0 Å². The number of hydrogen-bond donors (Lipinski definition) is 1. The fourth-order valence-electron chi connectivity index (χ4n) is 5.17. The minimum Gasteiger partial charge on any atom is -0.467 e. The van der Waals surface area contributed by atoms with Crippen LogP contribution >= 0.6 is 0 Å². The summed E-state index contributed by atoms with van der Waals surface area (Å²) < 4.78 is 16.6. The monoisotopic (exact) mass is 471 g/mol. The molecule has 2 aromatic heterocycles. The third-order valence-electron chi connectivity index (χ3n) is 6.79. The molecule has 6 rings (SSSR count). The summed E-state index contributed by atoms with van der Waals surface area (Å²) in [5.74, 6) is 0.894. The van der Waals surface area contributed by atoms with Crippen molar-refractivity contribution in [1.82, 2.24) is 5.16 Å². The van der Waals surface area contributed by atoms with Gasteiger partial charge in [-0.3, -0.25) is 9.59 Å².